The Balaban J connectivity index is 2.00. The lowest BCUT2D eigenvalue weighted by Gasteiger charge is -2.37. The molecule has 2 amide bonds. The minimum absolute atomic E-state index is 0.0416. The second-order valence-electron chi connectivity index (χ2n) is 5.52. The molecule has 120 valence electrons. The molecule has 0 aliphatic carbocycles. The van der Waals surface area contributed by atoms with Crippen LogP contribution in [0.15, 0.2) is 0 Å². The maximum atomic E-state index is 12.3. The summed E-state index contributed by atoms with van der Waals surface area (Å²) >= 11 is 0. The molecule has 0 aromatic rings. The lowest BCUT2D eigenvalue weighted by atomic mass is 10.2. The molecule has 21 heavy (non-hydrogen) atoms. The van der Waals surface area contributed by atoms with Gasteiger partial charge in [0, 0.05) is 19.6 Å². The van der Waals surface area contributed by atoms with Gasteiger partial charge < -0.3 is 10.0 Å². The molecule has 2 N–H and O–H groups in total. The van der Waals surface area contributed by atoms with E-state index in [1.54, 1.807) is 0 Å². The summed E-state index contributed by atoms with van der Waals surface area (Å²) in [4.78, 5) is 24.5. The molecule has 2 saturated heterocycles. The molecular formula is C12H21N3O5S. The molecule has 2 fully saturated rings. The van der Waals surface area contributed by atoms with Gasteiger partial charge >= 0.3 is 12.0 Å². The van der Waals surface area contributed by atoms with Crippen LogP contribution in [-0.4, -0.2) is 72.6 Å². The highest BCUT2D eigenvalue weighted by molar-refractivity contribution is 7.91. The van der Waals surface area contributed by atoms with Gasteiger partial charge in [-0.2, -0.15) is 0 Å². The number of urea groups is 1. The number of carbonyl (C=O) groups excluding carboxylic acids is 1. The number of piperidine rings is 1. The Kier molecular flexibility index (Phi) is 5.04. The van der Waals surface area contributed by atoms with Crippen molar-refractivity contribution in [1.29, 1.82) is 0 Å². The molecule has 2 rings (SSSR count). The van der Waals surface area contributed by atoms with Crippen LogP contribution >= 0.6 is 0 Å². The predicted octanol–water partition coefficient (Wildman–Crippen LogP) is -0.329. The molecule has 9 heteroatoms. The third-order valence-corrected chi connectivity index (χ3v) is 5.51. The van der Waals surface area contributed by atoms with Crippen LogP contribution < -0.4 is 5.43 Å². The van der Waals surface area contributed by atoms with Crippen LogP contribution in [0.1, 0.15) is 25.7 Å². The summed E-state index contributed by atoms with van der Waals surface area (Å²) in [7, 11) is -3.28. The van der Waals surface area contributed by atoms with Crippen LogP contribution in [0, 0.1) is 0 Å². The van der Waals surface area contributed by atoms with Crippen LogP contribution in [-0.2, 0) is 14.6 Å². The van der Waals surface area contributed by atoms with E-state index in [1.165, 1.54) is 4.90 Å². The fourth-order valence-electron chi connectivity index (χ4n) is 2.73. The number of nitrogens with zero attached hydrogens (tertiary/aromatic N) is 2. The van der Waals surface area contributed by atoms with Gasteiger partial charge in [0.25, 0.3) is 0 Å². The minimum Gasteiger partial charge on any atom is -0.481 e. The van der Waals surface area contributed by atoms with Crippen molar-refractivity contribution in [3.63, 3.8) is 0 Å². The van der Waals surface area contributed by atoms with E-state index in [2.05, 4.69) is 5.43 Å². The van der Waals surface area contributed by atoms with Crippen molar-refractivity contribution in [3.8, 4) is 0 Å². The van der Waals surface area contributed by atoms with E-state index in [0.29, 0.717) is 0 Å². The van der Waals surface area contributed by atoms with Gasteiger partial charge in [0.1, 0.15) is 0 Å². The average molecular weight is 319 g/mol. The van der Waals surface area contributed by atoms with Crippen LogP contribution in [0.5, 0.6) is 0 Å². The maximum absolute atomic E-state index is 12.3. The number of amides is 2. The Morgan fingerprint density at radius 2 is 1.81 bits per heavy atom. The first-order chi connectivity index (χ1) is 9.87. The van der Waals surface area contributed by atoms with Crippen LogP contribution in [0.2, 0.25) is 0 Å². The molecule has 8 nitrogen and oxygen atoms in total. The molecule has 2 aliphatic heterocycles. The summed E-state index contributed by atoms with van der Waals surface area (Å²) in [6.45, 7) is 1.57. The van der Waals surface area contributed by atoms with Gasteiger partial charge in [-0.15, -0.1) is 0 Å². The predicted molar refractivity (Wildman–Crippen MR) is 75.4 cm³/mol. The number of nitrogens with one attached hydrogen (secondary N) is 1. The highest BCUT2D eigenvalue weighted by atomic mass is 32.2. The minimum atomic E-state index is -3.28. The van der Waals surface area contributed by atoms with E-state index in [4.69, 9.17) is 5.11 Å². The number of hydrogen-bond acceptors (Lipinski definition) is 5. The zero-order valence-electron chi connectivity index (χ0n) is 11.8. The summed E-state index contributed by atoms with van der Waals surface area (Å²) in [6, 6.07) is -1.20. The van der Waals surface area contributed by atoms with Crippen molar-refractivity contribution in [2.45, 2.75) is 31.7 Å². The smallest absolute Gasteiger partial charge is 0.332 e. The Morgan fingerprint density at radius 3 is 2.43 bits per heavy atom. The van der Waals surface area contributed by atoms with E-state index in [0.717, 1.165) is 32.4 Å². The average Bonchev–Trinajstić information content (AvgIpc) is 2.38. The van der Waals surface area contributed by atoms with E-state index in [-0.39, 0.29) is 24.5 Å². The second-order valence-corrected chi connectivity index (χ2v) is 7.75. The molecule has 0 saturated carbocycles. The first kappa shape index (κ1) is 16.0. The number of aliphatic carboxylic acids is 1. The number of carboxylic acids is 1. The Hall–Kier alpha value is -1.35. The summed E-state index contributed by atoms with van der Waals surface area (Å²) in [5, 5.41) is 10.7. The molecule has 0 radical (unpaired) electrons. The van der Waals surface area contributed by atoms with Crippen LogP contribution in [0.25, 0.3) is 0 Å². The van der Waals surface area contributed by atoms with E-state index < -0.39 is 27.9 Å². The Bertz CT molecular complexity index is 501. The molecule has 0 spiro atoms. The molecule has 0 aromatic carbocycles. The van der Waals surface area contributed by atoms with Gasteiger partial charge in [0.2, 0.25) is 0 Å². The van der Waals surface area contributed by atoms with Crippen molar-refractivity contribution in [1.82, 2.24) is 15.3 Å². The quantitative estimate of drug-likeness (QED) is 0.738. The fourth-order valence-corrected chi connectivity index (χ4v) is 4.26. The van der Waals surface area contributed by atoms with E-state index in [1.807, 2.05) is 5.01 Å². The normalized spacial score (nSPS) is 26.3. The molecule has 2 aliphatic rings. The molecular weight excluding hydrogens is 298 g/mol. The first-order valence-corrected chi connectivity index (χ1v) is 8.94. The van der Waals surface area contributed by atoms with Gasteiger partial charge in [0.15, 0.2) is 9.84 Å². The Morgan fingerprint density at radius 1 is 1.14 bits per heavy atom. The first-order valence-electron chi connectivity index (χ1n) is 7.12. The number of carbonyl (C=O) groups is 2. The number of rotatable bonds is 3. The Labute approximate surface area is 124 Å². The van der Waals surface area contributed by atoms with Crippen LogP contribution in [0.4, 0.5) is 4.79 Å². The van der Waals surface area contributed by atoms with Crippen molar-refractivity contribution < 1.29 is 23.1 Å². The molecule has 0 aromatic heterocycles. The lowest BCUT2D eigenvalue weighted by Crippen LogP contribution is -2.58. The number of hydrazine groups is 1. The molecule has 0 bridgehead atoms. The summed E-state index contributed by atoms with van der Waals surface area (Å²) in [5.74, 6) is -1.50. The summed E-state index contributed by atoms with van der Waals surface area (Å²) < 4.78 is 23.3. The molecule has 1 atom stereocenters. The van der Waals surface area contributed by atoms with Gasteiger partial charge in [-0.25, -0.2) is 18.2 Å². The topological polar surface area (TPSA) is 107 Å². The fraction of sp³-hybridized carbons (Fsp3) is 0.833. The van der Waals surface area contributed by atoms with Crippen molar-refractivity contribution in [2.75, 3.05) is 31.1 Å². The zero-order chi connectivity index (χ0) is 15.5. The van der Waals surface area contributed by atoms with Crippen molar-refractivity contribution in [3.05, 3.63) is 0 Å². The molecule has 1 unspecified atom stereocenters. The van der Waals surface area contributed by atoms with Crippen molar-refractivity contribution in [2.24, 2.45) is 0 Å². The van der Waals surface area contributed by atoms with Crippen molar-refractivity contribution >= 4 is 21.8 Å². The highest BCUT2D eigenvalue weighted by Gasteiger charge is 2.35. The second kappa shape index (κ2) is 6.61. The third-order valence-electron chi connectivity index (χ3n) is 3.81. The maximum Gasteiger partial charge on any atom is 0.332 e. The standard InChI is InChI=1S/C12H21N3O5S/c16-11(17)8-10-9-21(19,20)7-6-15(10)12(18)13-14-4-2-1-3-5-14/h10H,1-9H2,(H,13,18)(H,16,17). The van der Waals surface area contributed by atoms with Crippen LogP contribution in [0.3, 0.4) is 0 Å². The number of carboxylic acid groups (broad SMARTS) is 1. The SMILES string of the molecule is O=C(O)CC1CS(=O)(=O)CCN1C(=O)NN1CCCCC1. The van der Waals surface area contributed by atoms with Gasteiger partial charge in [-0.1, -0.05) is 6.42 Å². The summed E-state index contributed by atoms with van der Waals surface area (Å²) in [5.41, 5.74) is 2.75. The zero-order valence-corrected chi connectivity index (χ0v) is 12.6. The largest absolute Gasteiger partial charge is 0.481 e. The third kappa shape index (κ3) is 4.57. The number of hydrogen-bond donors (Lipinski definition) is 2. The van der Waals surface area contributed by atoms with Gasteiger partial charge in [-0.3, -0.25) is 10.2 Å². The molecule has 2 heterocycles. The monoisotopic (exact) mass is 319 g/mol. The van der Waals surface area contributed by atoms with Gasteiger partial charge in [-0.05, 0) is 12.8 Å². The summed E-state index contributed by atoms with van der Waals surface area (Å²) in [6.07, 6.45) is 2.79. The van der Waals surface area contributed by atoms with E-state index >= 15 is 0 Å². The number of sulfone groups is 1. The van der Waals surface area contributed by atoms with E-state index in [9.17, 15) is 18.0 Å². The highest BCUT2D eigenvalue weighted by Crippen LogP contribution is 2.16. The van der Waals surface area contributed by atoms with Gasteiger partial charge in [0.05, 0.1) is 24.0 Å². The lowest BCUT2D eigenvalue weighted by molar-refractivity contribution is -0.138.